The molecule has 0 spiro atoms. The third-order valence-corrected chi connectivity index (χ3v) is 6.76. The smallest absolute Gasteiger partial charge is 0.258 e. The van der Waals surface area contributed by atoms with Crippen molar-refractivity contribution in [1.82, 2.24) is 10.2 Å². The highest BCUT2D eigenvalue weighted by Gasteiger charge is 2.31. The molecule has 6 nitrogen and oxygen atoms in total. The molecular weight excluding hydrogens is 474 g/mol. The molecule has 0 aliphatic carbocycles. The summed E-state index contributed by atoms with van der Waals surface area (Å²) in [5, 5.41) is 5.57. The molecule has 4 rings (SSSR count). The fourth-order valence-corrected chi connectivity index (χ4v) is 4.95. The number of benzene rings is 3. The summed E-state index contributed by atoms with van der Waals surface area (Å²) in [5.74, 6) is -0.306. The van der Waals surface area contributed by atoms with E-state index in [1.165, 1.54) is 0 Å². The predicted octanol–water partition coefficient (Wildman–Crippen LogP) is 5.57. The Morgan fingerprint density at radius 1 is 1.03 bits per heavy atom. The molecule has 1 atom stereocenters. The Morgan fingerprint density at radius 3 is 2.39 bits per heavy atom. The van der Waals surface area contributed by atoms with Crippen molar-refractivity contribution in [3.63, 3.8) is 0 Å². The molecule has 0 fully saturated rings. The lowest BCUT2D eigenvalue weighted by Crippen LogP contribution is -2.50. The van der Waals surface area contributed by atoms with Crippen molar-refractivity contribution in [3.8, 4) is 0 Å². The average Bonchev–Trinajstić information content (AvgIpc) is 3.12. The quantitative estimate of drug-likeness (QED) is 0.392. The largest absolute Gasteiger partial charge is 0.352 e. The number of nitrogens with zero attached hydrogens (tertiary/aromatic N) is 2. The van der Waals surface area contributed by atoms with Crippen LogP contribution in [0.5, 0.6) is 0 Å². The van der Waals surface area contributed by atoms with Gasteiger partial charge >= 0.3 is 0 Å². The molecule has 1 N–H and O–H groups in total. The van der Waals surface area contributed by atoms with Crippen LogP contribution in [-0.2, 0) is 16.1 Å². The number of hydrogen-bond donors (Lipinski definition) is 1. The summed E-state index contributed by atoms with van der Waals surface area (Å²) in [6.07, 6.45) is 1.23. The number of nitrogens with one attached hydrogen (secondary N) is 1. The molecule has 1 aliphatic heterocycles. The molecule has 3 amide bonds. The second kappa shape index (κ2) is 11.1. The first-order valence-electron chi connectivity index (χ1n) is 12.5. The van der Waals surface area contributed by atoms with Crippen molar-refractivity contribution in [3.05, 3.63) is 76.8 Å². The summed E-state index contributed by atoms with van der Waals surface area (Å²) >= 11 is 6.04. The molecule has 0 radical (unpaired) electrons. The van der Waals surface area contributed by atoms with Gasteiger partial charge in [0.25, 0.3) is 5.91 Å². The minimum Gasteiger partial charge on any atom is -0.352 e. The molecule has 0 unspecified atom stereocenters. The first kappa shape index (κ1) is 25.7. The fraction of sp³-hybridized carbons (Fsp3) is 0.345. The zero-order chi connectivity index (χ0) is 25.8. The lowest BCUT2D eigenvalue weighted by molar-refractivity contribution is -0.141. The van der Waals surface area contributed by atoms with Crippen LogP contribution in [0.3, 0.4) is 0 Å². The Balaban J connectivity index is 1.48. The Labute approximate surface area is 217 Å². The van der Waals surface area contributed by atoms with Gasteiger partial charge < -0.3 is 15.1 Å². The molecule has 188 valence electrons. The highest BCUT2D eigenvalue weighted by molar-refractivity contribution is 6.30. The Kier molecular flexibility index (Phi) is 7.94. The summed E-state index contributed by atoms with van der Waals surface area (Å²) in [6, 6.07) is 18.4. The summed E-state index contributed by atoms with van der Waals surface area (Å²) in [6.45, 7) is 6.46. The van der Waals surface area contributed by atoms with E-state index in [1.54, 1.807) is 21.9 Å². The molecule has 0 saturated heterocycles. The number of carbonyl (C=O) groups excluding carboxylic acids is 3. The van der Waals surface area contributed by atoms with Gasteiger partial charge in [-0.15, -0.1) is 0 Å². The van der Waals surface area contributed by atoms with E-state index in [0.29, 0.717) is 36.5 Å². The van der Waals surface area contributed by atoms with Crippen LogP contribution in [0.15, 0.2) is 60.7 Å². The van der Waals surface area contributed by atoms with Crippen LogP contribution in [0, 0.1) is 0 Å². The van der Waals surface area contributed by atoms with Gasteiger partial charge in [-0.25, -0.2) is 0 Å². The lowest BCUT2D eigenvalue weighted by atomic mass is 10.1. The van der Waals surface area contributed by atoms with E-state index >= 15 is 0 Å². The Bertz CT molecular complexity index is 1270. The third-order valence-electron chi connectivity index (χ3n) is 6.50. The van der Waals surface area contributed by atoms with Gasteiger partial charge in [0, 0.05) is 41.5 Å². The number of amides is 3. The standard InChI is InChI=1S/C29H32ClN3O3/c1-4-24(28(35)31-19(2)3)33(18-20-13-15-22(30)16-14-20)26(34)12-7-17-32-25-11-6-9-21-8-5-10-23(27(21)25)29(32)36/h5-6,8-11,13-16,19,24H,4,7,12,17-18H2,1-3H3,(H,31,35)/t24-/m0/s1. The third kappa shape index (κ3) is 5.39. The van der Waals surface area contributed by atoms with E-state index in [4.69, 9.17) is 11.6 Å². The van der Waals surface area contributed by atoms with Gasteiger partial charge in [0.1, 0.15) is 6.04 Å². The molecule has 0 saturated carbocycles. The molecule has 1 heterocycles. The fourth-order valence-electron chi connectivity index (χ4n) is 4.82. The number of halogens is 1. The van der Waals surface area contributed by atoms with Gasteiger partial charge in [0.05, 0.1) is 5.69 Å². The van der Waals surface area contributed by atoms with Crippen molar-refractivity contribution in [1.29, 1.82) is 0 Å². The highest BCUT2D eigenvalue weighted by atomic mass is 35.5. The highest BCUT2D eigenvalue weighted by Crippen LogP contribution is 2.37. The monoisotopic (exact) mass is 505 g/mol. The van der Waals surface area contributed by atoms with Crippen molar-refractivity contribution >= 4 is 45.8 Å². The maximum atomic E-state index is 13.5. The van der Waals surface area contributed by atoms with E-state index in [-0.39, 0.29) is 30.2 Å². The molecule has 3 aromatic carbocycles. The zero-order valence-corrected chi connectivity index (χ0v) is 21.7. The van der Waals surface area contributed by atoms with Crippen LogP contribution in [0.2, 0.25) is 5.02 Å². The normalized spacial score (nSPS) is 13.4. The maximum Gasteiger partial charge on any atom is 0.258 e. The van der Waals surface area contributed by atoms with Gasteiger partial charge in [0.15, 0.2) is 0 Å². The van der Waals surface area contributed by atoms with Crippen molar-refractivity contribution < 1.29 is 14.4 Å². The topological polar surface area (TPSA) is 69.7 Å². The van der Waals surface area contributed by atoms with E-state index in [1.807, 2.05) is 69.3 Å². The number of anilines is 1. The van der Waals surface area contributed by atoms with Crippen LogP contribution in [0.4, 0.5) is 5.69 Å². The Hall–Kier alpha value is -3.38. The van der Waals surface area contributed by atoms with Gasteiger partial charge in [0.2, 0.25) is 11.8 Å². The van der Waals surface area contributed by atoms with Gasteiger partial charge in [-0.05, 0) is 61.9 Å². The van der Waals surface area contributed by atoms with Gasteiger partial charge in [-0.3, -0.25) is 14.4 Å². The zero-order valence-electron chi connectivity index (χ0n) is 21.0. The first-order valence-corrected chi connectivity index (χ1v) is 12.9. The predicted molar refractivity (Wildman–Crippen MR) is 144 cm³/mol. The second-order valence-electron chi connectivity index (χ2n) is 9.48. The molecule has 36 heavy (non-hydrogen) atoms. The number of carbonyl (C=O) groups is 3. The summed E-state index contributed by atoms with van der Waals surface area (Å²) in [4.78, 5) is 42.9. The van der Waals surface area contributed by atoms with Crippen LogP contribution in [-0.4, -0.2) is 41.2 Å². The molecule has 0 bridgehead atoms. The molecule has 1 aliphatic rings. The SMILES string of the molecule is CC[C@@H](C(=O)NC(C)C)N(Cc1ccc(Cl)cc1)C(=O)CCCN1C(=O)c2cccc3cccc1c23. The van der Waals surface area contributed by atoms with Crippen molar-refractivity contribution in [2.45, 2.75) is 58.7 Å². The number of rotatable bonds is 10. The minimum absolute atomic E-state index is 0.0236. The van der Waals surface area contributed by atoms with Crippen LogP contribution >= 0.6 is 11.6 Å². The van der Waals surface area contributed by atoms with E-state index < -0.39 is 6.04 Å². The first-order chi connectivity index (χ1) is 17.3. The van der Waals surface area contributed by atoms with Crippen molar-refractivity contribution in [2.75, 3.05) is 11.4 Å². The van der Waals surface area contributed by atoms with Crippen LogP contribution < -0.4 is 10.2 Å². The summed E-state index contributed by atoms with van der Waals surface area (Å²) in [7, 11) is 0. The summed E-state index contributed by atoms with van der Waals surface area (Å²) < 4.78 is 0. The molecule has 7 heteroatoms. The summed E-state index contributed by atoms with van der Waals surface area (Å²) in [5.41, 5.74) is 2.50. The number of hydrogen-bond acceptors (Lipinski definition) is 3. The molecular formula is C29H32ClN3O3. The minimum atomic E-state index is -0.581. The lowest BCUT2D eigenvalue weighted by Gasteiger charge is -2.31. The Morgan fingerprint density at radius 2 is 1.72 bits per heavy atom. The van der Waals surface area contributed by atoms with E-state index in [9.17, 15) is 14.4 Å². The van der Waals surface area contributed by atoms with Crippen LogP contribution in [0.25, 0.3) is 10.8 Å². The van der Waals surface area contributed by atoms with E-state index in [0.717, 1.165) is 22.0 Å². The van der Waals surface area contributed by atoms with Gasteiger partial charge in [-0.2, -0.15) is 0 Å². The molecule has 3 aromatic rings. The van der Waals surface area contributed by atoms with Gasteiger partial charge in [-0.1, -0.05) is 54.9 Å². The molecule has 0 aromatic heterocycles. The maximum absolute atomic E-state index is 13.5. The van der Waals surface area contributed by atoms with E-state index in [2.05, 4.69) is 5.32 Å². The second-order valence-corrected chi connectivity index (χ2v) is 9.91. The average molecular weight is 506 g/mol. The van der Waals surface area contributed by atoms with Crippen molar-refractivity contribution in [2.24, 2.45) is 0 Å². The van der Waals surface area contributed by atoms with Crippen LogP contribution in [0.1, 0.15) is 56.0 Å².